The van der Waals surface area contributed by atoms with Crippen molar-refractivity contribution in [3.8, 4) is 9.88 Å². The monoisotopic (exact) mass is 325 g/mol. The van der Waals surface area contributed by atoms with Crippen LogP contribution < -0.4 is 4.90 Å². The molecule has 0 fully saturated rings. The van der Waals surface area contributed by atoms with Crippen molar-refractivity contribution in [3.63, 3.8) is 0 Å². The summed E-state index contributed by atoms with van der Waals surface area (Å²) in [5.74, 6) is 0.479. The Balaban J connectivity index is 1.99. The van der Waals surface area contributed by atoms with Gasteiger partial charge in [-0.15, -0.1) is 20.4 Å². The molecule has 0 aliphatic heterocycles. The minimum Gasteiger partial charge on any atom is -0.278 e. The molecule has 0 N–H and O–H groups in total. The normalized spacial score (nSPS) is 10.7. The molecule has 0 radical (unpaired) electrons. The lowest BCUT2D eigenvalue weighted by atomic mass is 10.4. The minimum absolute atomic E-state index is 0.443. The number of nitrogens with zero attached hydrogens (tertiary/aromatic N) is 7. The van der Waals surface area contributed by atoms with E-state index < -0.39 is 0 Å². The van der Waals surface area contributed by atoms with Crippen LogP contribution in [-0.2, 0) is 4.79 Å². The molecule has 1 amide bonds. The third-order valence-corrected chi connectivity index (χ3v) is 4.95. The van der Waals surface area contributed by atoms with E-state index in [4.69, 9.17) is 0 Å². The van der Waals surface area contributed by atoms with Gasteiger partial charge in [-0.25, -0.2) is 4.90 Å². The first-order valence-electron chi connectivity index (χ1n) is 5.37. The van der Waals surface area contributed by atoms with Crippen molar-refractivity contribution in [2.75, 3.05) is 4.90 Å². The Hall–Kier alpha value is -1.85. The van der Waals surface area contributed by atoms with Gasteiger partial charge in [0.2, 0.25) is 11.5 Å². The molecule has 0 aliphatic carbocycles. The average Bonchev–Trinajstić information content (AvgIpc) is 3.13. The van der Waals surface area contributed by atoms with E-state index in [0.29, 0.717) is 22.4 Å². The van der Waals surface area contributed by atoms with Crippen LogP contribution in [0.3, 0.4) is 0 Å². The second-order valence-corrected chi connectivity index (χ2v) is 6.37. The predicted octanol–water partition coefficient (Wildman–Crippen LogP) is 1.82. The summed E-state index contributed by atoms with van der Waals surface area (Å²) in [5, 5.41) is 17.1. The number of hydrogen-bond donors (Lipinski definition) is 0. The van der Waals surface area contributed by atoms with Crippen molar-refractivity contribution >= 4 is 51.8 Å². The third kappa shape index (κ3) is 2.19. The summed E-state index contributed by atoms with van der Waals surface area (Å²) >= 11 is 3.76. The maximum absolute atomic E-state index is 11.3. The Labute approximate surface area is 125 Å². The van der Waals surface area contributed by atoms with Crippen LogP contribution in [0.2, 0.25) is 0 Å². The smallest absolute Gasteiger partial charge is 0.221 e. The molecule has 0 bridgehead atoms. The van der Waals surface area contributed by atoms with E-state index in [0.717, 1.165) is 15.4 Å². The van der Waals surface area contributed by atoms with Gasteiger partial charge in [-0.2, -0.15) is 0 Å². The molecule has 102 valence electrons. The summed E-state index contributed by atoms with van der Waals surface area (Å²) in [6.07, 6.45) is 0.659. The molecule has 11 heteroatoms. The SMILES string of the molecule is Cc1nnsc1-c1nnc(N(C=O)c2nnsc2C)s1. The zero-order chi connectivity index (χ0) is 14.1. The van der Waals surface area contributed by atoms with E-state index in [2.05, 4.69) is 29.4 Å². The van der Waals surface area contributed by atoms with Gasteiger partial charge in [0.05, 0.1) is 10.6 Å². The highest BCUT2D eigenvalue weighted by molar-refractivity contribution is 7.22. The number of aromatic nitrogens is 6. The fourth-order valence-corrected chi connectivity index (χ4v) is 3.51. The van der Waals surface area contributed by atoms with Crippen LogP contribution in [0.1, 0.15) is 10.6 Å². The van der Waals surface area contributed by atoms with Crippen molar-refractivity contribution < 1.29 is 4.79 Å². The molecule has 3 heterocycles. The summed E-state index contributed by atoms with van der Waals surface area (Å²) in [7, 11) is 0. The van der Waals surface area contributed by atoms with Crippen LogP contribution in [0.4, 0.5) is 10.9 Å². The van der Waals surface area contributed by atoms with E-state index in [1.165, 1.54) is 39.3 Å². The van der Waals surface area contributed by atoms with Gasteiger partial charge in [-0.05, 0) is 36.9 Å². The molecule has 8 nitrogen and oxygen atoms in total. The van der Waals surface area contributed by atoms with Gasteiger partial charge in [0.15, 0.2) is 10.8 Å². The van der Waals surface area contributed by atoms with Crippen LogP contribution in [0.5, 0.6) is 0 Å². The number of aryl methyl sites for hydroxylation is 2. The van der Waals surface area contributed by atoms with Crippen molar-refractivity contribution in [2.45, 2.75) is 13.8 Å². The van der Waals surface area contributed by atoms with Crippen LogP contribution in [0.25, 0.3) is 9.88 Å². The molecule has 3 rings (SSSR count). The van der Waals surface area contributed by atoms with E-state index >= 15 is 0 Å². The first-order valence-corrected chi connectivity index (χ1v) is 7.73. The van der Waals surface area contributed by atoms with Crippen LogP contribution in [0, 0.1) is 13.8 Å². The molecule has 0 atom stereocenters. The maximum Gasteiger partial charge on any atom is 0.221 e. The molecule has 3 aromatic heterocycles. The number of amides is 1. The summed E-state index contributed by atoms with van der Waals surface area (Å²) in [6, 6.07) is 0. The molecule has 0 aromatic carbocycles. The topological polar surface area (TPSA) is 97.7 Å². The minimum atomic E-state index is 0.443. The Kier molecular flexibility index (Phi) is 3.46. The lowest BCUT2D eigenvalue weighted by molar-refractivity contribution is -0.106. The highest BCUT2D eigenvalue weighted by Crippen LogP contribution is 2.34. The summed E-state index contributed by atoms with van der Waals surface area (Å²) < 4.78 is 7.68. The van der Waals surface area contributed by atoms with Gasteiger partial charge in [-0.3, -0.25) is 4.79 Å². The Morgan fingerprint density at radius 1 is 1.05 bits per heavy atom. The second kappa shape index (κ2) is 5.26. The van der Waals surface area contributed by atoms with Crippen molar-refractivity contribution in [2.24, 2.45) is 0 Å². The highest BCUT2D eigenvalue weighted by atomic mass is 32.1. The molecular weight excluding hydrogens is 318 g/mol. The summed E-state index contributed by atoms with van der Waals surface area (Å²) in [5.41, 5.74) is 0.793. The van der Waals surface area contributed by atoms with Crippen LogP contribution in [-0.4, -0.2) is 35.8 Å². The Morgan fingerprint density at radius 3 is 2.45 bits per heavy atom. The molecule has 0 spiro atoms. The van der Waals surface area contributed by atoms with Crippen LogP contribution >= 0.6 is 34.4 Å². The summed E-state index contributed by atoms with van der Waals surface area (Å²) in [4.78, 5) is 14.3. The van der Waals surface area contributed by atoms with Crippen molar-refractivity contribution in [1.82, 2.24) is 29.4 Å². The molecule has 0 saturated carbocycles. The molecule has 3 aromatic rings. The van der Waals surface area contributed by atoms with E-state index in [1.807, 2.05) is 13.8 Å². The zero-order valence-electron chi connectivity index (χ0n) is 10.3. The fourth-order valence-electron chi connectivity index (χ4n) is 1.47. The molecular formula is C9H7N7OS3. The molecule has 0 aliphatic rings. The highest BCUT2D eigenvalue weighted by Gasteiger charge is 2.21. The van der Waals surface area contributed by atoms with Gasteiger partial charge in [-0.1, -0.05) is 20.3 Å². The quantitative estimate of drug-likeness (QED) is 0.675. The van der Waals surface area contributed by atoms with Gasteiger partial charge in [0.25, 0.3) is 0 Å². The number of carbonyl (C=O) groups is 1. The summed E-state index contributed by atoms with van der Waals surface area (Å²) in [6.45, 7) is 3.70. The largest absolute Gasteiger partial charge is 0.278 e. The average molecular weight is 325 g/mol. The van der Waals surface area contributed by atoms with Crippen LogP contribution in [0.15, 0.2) is 0 Å². The fraction of sp³-hybridized carbons (Fsp3) is 0.222. The third-order valence-electron chi connectivity index (χ3n) is 2.43. The predicted molar refractivity (Wildman–Crippen MR) is 76.4 cm³/mol. The van der Waals surface area contributed by atoms with Gasteiger partial charge >= 0.3 is 0 Å². The van der Waals surface area contributed by atoms with Gasteiger partial charge in [0, 0.05) is 0 Å². The first kappa shape index (κ1) is 13.1. The van der Waals surface area contributed by atoms with E-state index in [9.17, 15) is 4.79 Å². The second-order valence-electron chi connectivity index (χ2n) is 3.71. The van der Waals surface area contributed by atoms with Gasteiger partial charge < -0.3 is 0 Å². The van der Waals surface area contributed by atoms with Crippen molar-refractivity contribution in [1.29, 1.82) is 0 Å². The lowest BCUT2D eigenvalue weighted by Crippen LogP contribution is -2.15. The van der Waals surface area contributed by atoms with E-state index in [1.54, 1.807) is 0 Å². The zero-order valence-corrected chi connectivity index (χ0v) is 12.8. The van der Waals surface area contributed by atoms with Crippen molar-refractivity contribution in [3.05, 3.63) is 10.6 Å². The Morgan fingerprint density at radius 2 is 1.85 bits per heavy atom. The lowest BCUT2D eigenvalue weighted by Gasteiger charge is -2.09. The standard InChI is InChI=1S/C9H7N7OS3/c1-4-6(20-14-10-4)8-12-13-9(18-8)16(3-17)7-5(2)19-15-11-7/h3H,1-2H3. The number of carbonyl (C=O) groups excluding carboxylic acids is 1. The molecule has 0 saturated heterocycles. The number of hydrogen-bond acceptors (Lipinski definition) is 10. The van der Waals surface area contributed by atoms with E-state index in [-0.39, 0.29) is 0 Å². The molecule has 20 heavy (non-hydrogen) atoms. The first-order chi connectivity index (χ1) is 9.70. The number of anilines is 2. The maximum atomic E-state index is 11.3. The molecule has 0 unspecified atom stereocenters. The number of rotatable bonds is 4. The van der Waals surface area contributed by atoms with Gasteiger partial charge in [0.1, 0.15) is 4.88 Å². The Bertz CT molecular complexity index is 748.